The number of carbonyl (C=O) groups is 2. The normalized spacial score (nSPS) is 24.0. The van der Waals surface area contributed by atoms with Gasteiger partial charge in [0.2, 0.25) is 5.91 Å². The van der Waals surface area contributed by atoms with Gasteiger partial charge < -0.3 is 15.3 Å². The van der Waals surface area contributed by atoms with Crippen LogP contribution in [0.2, 0.25) is 0 Å². The number of nitrogens with zero attached hydrogens (tertiary/aromatic N) is 2. The average Bonchev–Trinajstić information content (AvgIpc) is 2.47. The standard InChI is InChI=1S/C15H19N3O3/c1-10-14(19)17-12(15(20)21)13(18(10)2)16-9-8-11-6-4-3-5-7-11/h3-7,10,12H,8-9H2,1-2H3,(H,17,19)(H,20,21). The van der Waals surface area contributed by atoms with Crippen molar-refractivity contribution < 1.29 is 14.7 Å². The number of amides is 1. The zero-order chi connectivity index (χ0) is 15.4. The van der Waals surface area contributed by atoms with Gasteiger partial charge in [-0.1, -0.05) is 30.3 Å². The summed E-state index contributed by atoms with van der Waals surface area (Å²) in [5.41, 5.74) is 1.14. The molecule has 21 heavy (non-hydrogen) atoms. The van der Waals surface area contributed by atoms with Crippen molar-refractivity contribution in [3.63, 3.8) is 0 Å². The van der Waals surface area contributed by atoms with Gasteiger partial charge in [0.05, 0.1) is 0 Å². The largest absolute Gasteiger partial charge is 0.479 e. The number of aliphatic imine (C=N–C) groups is 1. The van der Waals surface area contributed by atoms with Crippen LogP contribution in [0.25, 0.3) is 0 Å². The minimum absolute atomic E-state index is 0.299. The van der Waals surface area contributed by atoms with Gasteiger partial charge >= 0.3 is 5.97 Å². The van der Waals surface area contributed by atoms with Crippen LogP contribution in [-0.4, -0.2) is 53.4 Å². The van der Waals surface area contributed by atoms with E-state index in [4.69, 9.17) is 0 Å². The number of likely N-dealkylation sites (N-methyl/N-ethyl adjacent to an activating group) is 1. The van der Waals surface area contributed by atoms with Gasteiger partial charge in [-0.05, 0) is 18.9 Å². The second kappa shape index (κ2) is 6.39. The molecule has 0 aliphatic carbocycles. The molecule has 1 saturated heterocycles. The molecule has 2 rings (SSSR count). The van der Waals surface area contributed by atoms with Crippen LogP contribution in [0.1, 0.15) is 12.5 Å². The lowest BCUT2D eigenvalue weighted by Gasteiger charge is -2.36. The van der Waals surface area contributed by atoms with Crippen molar-refractivity contribution in [2.24, 2.45) is 4.99 Å². The van der Waals surface area contributed by atoms with Gasteiger partial charge in [0.1, 0.15) is 11.9 Å². The molecule has 0 saturated carbocycles. The zero-order valence-corrected chi connectivity index (χ0v) is 12.1. The summed E-state index contributed by atoms with van der Waals surface area (Å²) in [6, 6.07) is 8.37. The van der Waals surface area contributed by atoms with Crippen LogP contribution >= 0.6 is 0 Å². The molecule has 0 bridgehead atoms. The third-order valence-electron chi connectivity index (χ3n) is 3.63. The molecule has 2 unspecified atom stereocenters. The van der Waals surface area contributed by atoms with Crippen LogP contribution in [0.15, 0.2) is 35.3 Å². The molecule has 1 aromatic carbocycles. The number of rotatable bonds is 4. The number of hydrogen-bond donors (Lipinski definition) is 2. The van der Waals surface area contributed by atoms with E-state index in [0.29, 0.717) is 12.4 Å². The summed E-state index contributed by atoms with van der Waals surface area (Å²) in [7, 11) is 1.70. The number of piperazine rings is 1. The van der Waals surface area contributed by atoms with Gasteiger partial charge in [-0.2, -0.15) is 0 Å². The van der Waals surface area contributed by atoms with Crippen LogP contribution in [-0.2, 0) is 16.0 Å². The molecule has 2 atom stereocenters. The summed E-state index contributed by atoms with van der Waals surface area (Å²) in [5, 5.41) is 11.7. The Kier molecular flexibility index (Phi) is 4.57. The van der Waals surface area contributed by atoms with Crippen molar-refractivity contribution in [2.45, 2.75) is 25.4 Å². The smallest absolute Gasteiger partial charge is 0.334 e. The van der Waals surface area contributed by atoms with Gasteiger partial charge in [-0.15, -0.1) is 0 Å². The van der Waals surface area contributed by atoms with Gasteiger partial charge in [0.25, 0.3) is 0 Å². The minimum Gasteiger partial charge on any atom is -0.479 e. The first-order valence-corrected chi connectivity index (χ1v) is 6.85. The van der Waals surface area contributed by atoms with E-state index in [9.17, 15) is 14.7 Å². The molecule has 1 aliphatic heterocycles. The highest BCUT2D eigenvalue weighted by molar-refractivity contribution is 6.10. The van der Waals surface area contributed by atoms with E-state index < -0.39 is 18.1 Å². The number of carboxylic acids is 1. The first-order valence-electron chi connectivity index (χ1n) is 6.85. The summed E-state index contributed by atoms with van der Waals surface area (Å²) >= 11 is 0. The Morgan fingerprint density at radius 2 is 2.05 bits per heavy atom. The van der Waals surface area contributed by atoms with Crippen molar-refractivity contribution in [3.8, 4) is 0 Å². The molecule has 112 valence electrons. The van der Waals surface area contributed by atoms with Gasteiger partial charge in [-0.25, -0.2) is 4.79 Å². The lowest BCUT2D eigenvalue weighted by Crippen LogP contribution is -2.63. The Labute approximate surface area is 123 Å². The lowest BCUT2D eigenvalue weighted by molar-refractivity contribution is -0.141. The molecule has 1 aromatic rings. The number of benzene rings is 1. The van der Waals surface area contributed by atoms with Crippen LogP contribution < -0.4 is 5.32 Å². The topological polar surface area (TPSA) is 82.0 Å². The number of hydrogen-bond acceptors (Lipinski definition) is 3. The molecule has 1 aliphatic rings. The van der Waals surface area contributed by atoms with E-state index in [1.54, 1.807) is 18.9 Å². The second-order valence-electron chi connectivity index (χ2n) is 5.04. The van der Waals surface area contributed by atoms with Crippen molar-refractivity contribution in [2.75, 3.05) is 13.6 Å². The second-order valence-corrected chi connectivity index (χ2v) is 5.04. The highest BCUT2D eigenvalue weighted by Crippen LogP contribution is 2.10. The summed E-state index contributed by atoms with van der Waals surface area (Å²) < 4.78 is 0. The van der Waals surface area contributed by atoms with E-state index in [1.807, 2.05) is 30.3 Å². The van der Waals surface area contributed by atoms with Gasteiger partial charge in [0.15, 0.2) is 6.04 Å². The first-order chi connectivity index (χ1) is 10.0. The Hall–Kier alpha value is -2.37. The third kappa shape index (κ3) is 3.39. The van der Waals surface area contributed by atoms with Crippen molar-refractivity contribution in [1.82, 2.24) is 10.2 Å². The minimum atomic E-state index is -1.10. The van der Waals surface area contributed by atoms with E-state index in [1.165, 1.54) is 0 Å². The quantitative estimate of drug-likeness (QED) is 0.847. The first kappa shape index (κ1) is 15.0. The number of carboxylic acid groups (broad SMARTS) is 1. The Morgan fingerprint density at radius 3 is 2.67 bits per heavy atom. The number of carbonyl (C=O) groups excluding carboxylic acids is 1. The van der Waals surface area contributed by atoms with Crippen LogP contribution in [0.5, 0.6) is 0 Å². The molecular formula is C15H19N3O3. The fourth-order valence-electron chi connectivity index (χ4n) is 2.22. The fourth-order valence-corrected chi connectivity index (χ4v) is 2.22. The molecule has 1 heterocycles. The van der Waals surface area contributed by atoms with Crippen molar-refractivity contribution in [1.29, 1.82) is 0 Å². The maximum Gasteiger partial charge on any atom is 0.334 e. The predicted molar refractivity (Wildman–Crippen MR) is 79.2 cm³/mol. The average molecular weight is 289 g/mol. The highest BCUT2D eigenvalue weighted by atomic mass is 16.4. The molecule has 1 fully saturated rings. The van der Waals surface area contributed by atoms with Gasteiger partial charge in [-0.3, -0.25) is 9.79 Å². The molecule has 0 aromatic heterocycles. The maximum absolute atomic E-state index is 11.7. The molecular weight excluding hydrogens is 270 g/mol. The molecule has 0 spiro atoms. The molecule has 6 nitrogen and oxygen atoms in total. The van der Waals surface area contributed by atoms with E-state index in [-0.39, 0.29) is 5.91 Å². The van der Waals surface area contributed by atoms with E-state index >= 15 is 0 Å². The van der Waals surface area contributed by atoms with Crippen molar-refractivity contribution >= 4 is 17.7 Å². The van der Waals surface area contributed by atoms with Crippen LogP contribution in [0.3, 0.4) is 0 Å². The van der Waals surface area contributed by atoms with Crippen molar-refractivity contribution in [3.05, 3.63) is 35.9 Å². The molecule has 2 N–H and O–H groups in total. The summed E-state index contributed by atoms with van der Waals surface area (Å²) in [5.74, 6) is -1.00. The van der Waals surface area contributed by atoms with Gasteiger partial charge in [0, 0.05) is 13.6 Å². The summed E-state index contributed by atoms with van der Waals surface area (Å²) in [4.78, 5) is 29.0. The Morgan fingerprint density at radius 1 is 1.38 bits per heavy atom. The Balaban J connectivity index is 2.11. The predicted octanol–water partition coefficient (Wildman–Crippen LogP) is 0.531. The monoisotopic (exact) mass is 289 g/mol. The SMILES string of the molecule is CC1C(=O)NC(C(=O)O)C(=NCCc2ccccc2)N1C. The highest BCUT2D eigenvalue weighted by Gasteiger charge is 2.38. The van der Waals surface area contributed by atoms with E-state index in [2.05, 4.69) is 10.3 Å². The molecule has 6 heteroatoms. The lowest BCUT2D eigenvalue weighted by atomic mass is 10.1. The Bertz CT molecular complexity index is 557. The molecule has 0 radical (unpaired) electrons. The maximum atomic E-state index is 11.7. The number of aliphatic carboxylic acids is 1. The molecule has 1 amide bonds. The number of nitrogens with one attached hydrogen (secondary N) is 1. The van der Waals surface area contributed by atoms with Crippen LogP contribution in [0, 0.1) is 0 Å². The van der Waals surface area contributed by atoms with Crippen LogP contribution in [0.4, 0.5) is 0 Å². The summed E-state index contributed by atoms with van der Waals surface area (Å²) in [6.45, 7) is 2.20. The number of amidine groups is 1. The zero-order valence-electron chi connectivity index (χ0n) is 12.1. The summed E-state index contributed by atoms with van der Waals surface area (Å²) in [6.07, 6.45) is 0.729. The third-order valence-corrected chi connectivity index (χ3v) is 3.63. The van der Waals surface area contributed by atoms with E-state index in [0.717, 1.165) is 12.0 Å². The fraction of sp³-hybridized carbons (Fsp3) is 0.400.